The summed E-state index contributed by atoms with van der Waals surface area (Å²) in [5.41, 5.74) is 4.31. The number of hydrogen-bond acceptors (Lipinski definition) is 3. The Labute approximate surface area is 122 Å². The topological polar surface area (TPSA) is 47.3 Å². The second-order valence-corrected chi connectivity index (χ2v) is 5.78. The number of para-hydroxylation sites is 1. The molecule has 0 fully saturated rings. The fourth-order valence-corrected chi connectivity index (χ4v) is 3.07. The van der Waals surface area contributed by atoms with Crippen LogP contribution in [0.4, 0.5) is 0 Å². The van der Waals surface area contributed by atoms with Gasteiger partial charge in [-0.05, 0) is 12.5 Å². The lowest BCUT2D eigenvalue weighted by Gasteiger charge is -2.22. The number of benzene rings is 1. The largest absolute Gasteiger partial charge is 0.493 e. The molecule has 1 heterocycles. The molecule has 2 unspecified atom stereocenters. The van der Waals surface area contributed by atoms with Gasteiger partial charge in [0.05, 0.1) is 6.61 Å². The normalized spacial score (nSPS) is 18.6. The maximum atomic E-state index is 5.77. The van der Waals surface area contributed by atoms with Crippen molar-refractivity contribution in [3.05, 3.63) is 29.8 Å². The van der Waals surface area contributed by atoms with Crippen molar-refractivity contribution in [1.29, 1.82) is 0 Å². The molecule has 2 rings (SSSR count). The first kappa shape index (κ1) is 15.3. The highest BCUT2D eigenvalue weighted by Crippen LogP contribution is 2.36. The van der Waals surface area contributed by atoms with Crippen LogP contribution in [-0.4, -0.2) is 12.6 Å². The lowest BCUT2D eigenvalue weighted by Crippen LogP contribution is -2.40. The van der Waals surface area contributed by atoms with Crippen molar-refractivity contribution in [2.75, 3.05) is 6.61 Å². The Hall–Kier alpha value is -1.06. The smallest absolute Gasteiger partial charge is 0.122 e. The van der Waals surface area contributed by atoms with Gasteiger partial charge in [0.15, 0.2) is 0 Å². The highest BCUT2D eigenvalue weighted by atomic mass is 16.5. The average molecular weight is 276 g/mol. The second kappa shape index (κ2) is 8.28. The van der Waals surface area contributed by atoms with Gasteiger partial charge in [-0.2, -0.15) is 0 Å². The van der Waals surface area contributed by atoms with E-state index in [0.717, 1.165) is 18.8 Å². The molecule has 0 aromatic heterocycles. The molecular weight excluding hydrogens is 248 g/mol. The monoisotopic (exact) mass is 276 g/mol. The molecule has 3 N–H and O–H groups in total. The highest BCUT2D eigenvalue weighted by molar-refractivity contribution is 5.40. The molecule has 1 aromatic carbocycles. The number of nitrogens with one attached hydrogen (secondary N) is 1. The molecule has 0 bridgehead atoms. The molecule has 112 valence electrons. The third-order valence-electron chi connectivity index (χ3n) is 4.31. The van der Waals surface area contributed by atoms with E-state index in [4.69, 9.17) is 10.6 Å². The summed E-state index contributed by atoms with van der Waals surface area (Å²) in [6.45, 7) is 3.01. The zero-order chi connectivity index (χ0) is 14.2. The molecule has 3 heteroatoms. The van der Waals surface area contributed by atoms with E-state index >= 15 is 0 Å². The van der Waals surface area contributed by atoms with E-state index in [9.17, 15) is 0 Å². The maximum Gasteiger partial charge on any atom is 0.122 e. The van der Waals surface area contributed by atoms with Gasteiger partial charge in [-0.3, -0.25) is 11.3 Å². The zero-order valence-electron chi connectivity index (χ0n) is 12.6. The van der Waals surface area contributed by atoms with Crippen LogP contribution in [0.15, 0.2) is 24.3 Å². The van der Waals surface area contributed by atoms with E-state index in [1.54, 1.807) is 0 Å². The van der Waals surface area contributed by atoms with Gasteiger partial charge in [-0.25, -0.2) is 0 Å². The summed E-state index contributed by atoms with van der Waals surface area (Å²) in [7, 11) is 0. The number of rotatable bonds is 9. The minimum atomic E-state index is 0.324. The van der Waals surface area contributed by atoms with Crippen LogP contribution in [-0.2, 0) is 0 Å². The second-order valence-electron chi connectivity index (χ2n) is 5.78. The van der Waals surface area contributed by atoms with Crippen LogP contribution < -0.4 is 16.0 Å². The average Bonchev–Trinajstić information content (AvgIpc) is 2.91. The van der Waals surface area contributed by atoms with Gasteiger partial charge >= 0.3 is 0 Å². The molecule has 3 nitrogen and oxygen atoms in total. The molecular formula is C17H28N2O. The maximum absolute atomic E-state index is 5.77. The van der Waals surface area contributed by atoms with Crippen molar-refractivity contribution in [2.45, 2.75) is 63.8 Å². The van der Waals surface area contributed by atoms with E-state index in [1.807, 2.05) is 12.1 Å². The van der Waals surface area contributed by atoms with Crippen LogP contribution in [0.5, 0.6) is 5.75 Å². The molecule has 20 heavy (non-hydrogen) atoms. The van der Waals surface area contributed by atoms with Crippen molar-refractivity contribution in [2.24, 2.45) is 5.84 Å². The first-order valence-corrected chi connectivity index (χ1v) is 8.04. The van der Waals surface area contributed by atoms with E-state index in [-0.39, 0.29) is 0 Å². The Kier molecular flexibility index (Phi) is 6.34. The van der Waals surface area contributed by atoms with Crippen molar-refractivity contribution in [3.63, 3.8) is 0 Å². The van der Waals surface area contributed by atoms with Crippen LogP contribution in [0.2, 0.25) is 0 Å². The summed E-state index contributed by atoms with van der Waals surface area (Å²) < 4.78 is 5.76. The van der Waals surface area contributed by atoms with Crippen LogP contribution in [0.3, 0.4) is 0 Å². The van der Waals surface area contributed by atoms with Gasteiger partial charge in [0.2, 0.25) is 0 Å². The SMILES string of the molecule is CCCCCCCCC(NN)C1COc2ccccc21. The predicted molar refractivity (Wildman–Crippen MR) is 83.8 cm³/mol. The van der Waals surface area contributed by atoms with Crippen molar-refractivity contribution in [1.82, 2.24) is 5.43 Å². The minimum absolute atomic E-state index is 0.324. The summed E-state index contributed by atoms with van der Waals surface area (Å²) in [4.78, 5) is 0. The molecule has 1 aliphatic heterocycles. The summed E-state index contributed by atoms with van der Waals surface area (Å²) >= 11 is 0. The van der Waals surface area contributed by atoms with Crippen LogP contribution in [0.1, 0.15) is 63.4 Å². The first-order chi connectivity index (χ1) is 9.86. The number of ether oxygens (including phenoxy) is 1. The van der Waals surface area contributed by atoms with E-state index in [0.29, 0.717) is 12.0 Å². The summed E-state index contributed by atoms with van der Waals surface area (Å²) in [5.74, 6) is 7.19. The molecule has 0 spiro atoms. The van der Waals surface area contributed by atoms with Gasteiger partial charge in [-0.1, -0.05) is 63.6 Å². The standard InChI is InChI=1S/C17H28N2O/c1-2-3-4-5-6-7-11-16(19-18)15-13-20-17-12-9-8-10-14(15)17/h8-10,12,15-16,19H,2-7,11,13,18H2,1H3. The Morgan fingerprint density at radius 2 is 1.95 bits per heavy atom. The van der Waals surface area contributed by atoms with E-state index < -0.39 is 0 Å². The number of hydrogen-bond donors (Lipinski definition) is 2. The molecule has 1 aromatic rings. The Morgan fingerprint density at radius 1 is 1.20 bits per heavy atom. The number of hydrazine groups is 1. The van der Waals surface area contributed by atoms with Crippen LogP contribution in [0, 0.1) is 0 Å². The van der Waals surface area contributed by atoms with Gasteiger partial charge in [0.1, 0.15) is 5.75 Å². The molecule has 0 radical (unpaired) electrons. The molecule has 0 aliphatic carbocycles. The fraction of sp³-hybridized carbons (Fsp3) is 0.647. The molecule has 1 aliphatic rings. The quantitative estimate of drug-likeness (QED) is 0.410. The van der Waals surface area contributed by atoms with Gasteiger partial charge < -0.3 is 4.74 Å². The summed E-state index contributed by atoms with van der Waals surface area (Å²) in [6.07, 6.45) is 9.08. The molecule has 0 amide bonds. The van der Waals surface area contributed by atoms with Crippen molar-refractivity contribution < 1.29 is 4.74 Å². The minimum Gasteiger partial charge on any atom is -0.493 e. The molecule has 0 saturated carbocycles. The summed E-state index contributed by atoms with van der Waals surface area (Å²) in [6, 6.07) is 8.65. The van der Waals surface area contributed by atoms with Crippen molar-refractivity contribution >= 4 is 0 Å². The molecule has 2 atom stereocenters. The Bertz CT molecular complexity index is 394. The number of unbranched alkanes of at least 4 members (excludes halogenated alkanes) is 5. The predicted octanol–water partition coefficient (Wildman–Crippen LogP) is 3.75. The highest BCUT2D eigenvalue weighted by Gasteiger charge is 2.30. The van der Waals surface area contributed by atoms with Gasteiger partial charge in [0.25, 0.3) is 0 Å². The third kappa shape index (κ3) is 3.97. The Morgan fingerprint density at radius 3 is 2.75 bits per heavy atom. The number of nitrogens with two attached hydrogens (primary N) is 1. The van der Waals surface area contributed by atoms with Crippen molar-refractivity contribution in [3.8, 4) is 5.75 Å². The van der Waals surface area contributed by atoms with Crippen LogP contribution >= 0.6 is 0 Å². The molecule has 0 saturated heterocycles. The lowest BCUT2D eigenvalue weighted by molar-refractivity contribution is 0.289. The lowest BCUT2D eigenvalue weighted by atomic mass is 9.90. The summed E-state index contributed by atoms with van der Waals surface area (Å²) in [5, 5.41) is 0. The first-order valence-electron chi connectivity index (χ1n) is 8.04. The van der Waals surface area contributed by atoms with E-state index in [1.165, 1.54) is 44.1 Å². The van der Waals surface area contributed by atoms with Crippen LogP contribution in [0.25, 0.3) is 0 Å². The fourth-order valence-electron chi connectivity index (χ4n) is 3.07. The Balaban J connectivity index is 1.78. The van der Waals surface area contributed by atoms with E-state index in [2.05, 4.69) is 24.5 Å². The van der Waals surface area contributed by atoms with Gasteiger partial charge in [-0.15, -0.1) is 0 Å². The van der Waals surface area contributed by atoms with Gasteiger partial charge in [0, 0.05) is 17.5 Å². The zero-order valence-corrected chi connectivity index (χ0v) is 12.6. The number of fused-ring (bicyclic) bond motifs is 1. The third-order valence-corrected chi connectivity index (χ3v) is 4.31.